The van der Waals surface area contributed by atoms with E-state index in [1.54, 1.807) is 0 Å². The van der Waals surface area contributed by atoms with Crippen molar-refractivity contribution in [1.29, 1.82) is 0 Å². The smallest absolute Gasteiger partial charge is 0.387 e. The Kier molecular flexibility index (Phi) is 4.72. The van der Waals surface area contributed by atoms with Crippen LogP contribution in [-0.2, 0) is 4.79 Å². The summed E-state index contributed by atoms with van der Waals surface area (Å²) < 4.78 is 41.7. The minimum absolute atomic E-state index is 0.214. The predicted octanol–water partition coefficient (Wildman–Crippen LogP) is 2.76. The molecule has 1 atom stereocenters. The van der Waals surface area contributed by atoms with Crippen LogP contribution in [0.5, 0.6) is 5.75 Å². The van der Waals surface area contributed by atoms with Crippen molar-refractivity contribution in [3.63, 3.8) is 0 Å². The second kappa shape index (κ2) is 6.34. The molecular formula is C14H17F3N2O2. The lowest BCUT2D eigenvalue weighted by Crippen LogP contribution is -2.46. The van der Waals surface area contributed by atoms with Gasteiger partial charge in [-0.25, -0.2) is 4.39 Å². The van der Waals surface area contributed by atoms with Crippen molar-refractivity contribution >= 4 is 11.6 Å². The van der Waals surface area contributed by atoms with Gasteiger partial charge in [-0.15, -0.1) is 0 Å². The van der Waals surface area contributed by atoms with E-state index >= 15 is 0 Å². The molecule has 1 fully saturated rings. The van der Waals surface area contributed by atoms with E-state index in [1.807, 2.05) is 6.92 Å². The molecule has 1 aliphatic rings. The summed E-state index contributed by atoms with van der Waals surface area (Å²) in [4.78, 5) is 12.2. The number of anilines is 1. The van der Waals surface area contributed by atoms with Gasteiger partial charge in [0.2, 0.25) is 5.91 Å². The summed E-state index contributed by atoms with van der Waals surface area (Å²) >= 11 is 0. The highest BCUT2D eigenvalue weighted by molar-refractivity contribution is 5.95. The van der Waals surface area contributed by atoms with E-state index in [9.17, 15) is 18.0 Å². The number of carbonyl (C=O) groups is 1. The second-order valence-electron chi connectivity index (χ2n) is 5.32. The SMILES string of the molecule is CC1(C(=O)Nc2ccc(OC(F)F)c(F)c2)CCCNC1. The Morgan fingerprint density at radius 1 is 1.48 bits per heavy atom. The number of halogens is 3. The molecule has 1 aromatic rings. The highest BCUT2D eigenvalue weighted by Gasteiger charge is 2.34. The van der Waals surface area contributed by atoms with Crippen LogP contribution in [0.3, 0.4) is 0 Å². The molecule has 1 unspecified atom stereocenters. The maximum absolute atomic E-state index is 13.6. The summed E-state index contributed by atoms with van der Waals surface area (Å²) in [5, 5.41) is 5.76. The number of alkyl halides is 2. The molecule has 0 saturated carbocycles. The summed E-state index contributed by atoms with van der Waals surface area (Å²) in [5.74, 6) is -1.72. The standard InChI is InChI=1S/C14H17F3N2O2/c1-14(5-2-6-18-8-14)12(20)19-9-3-4-11(10(15)7-9)21-13(16)17/h3-4,7,13,18H,2,5-6,8H2,1H3,(H,19,20). The number of hydrogen-bond donors (Lipinski definition) is 2. The molecule has 7 heteroatoms. The molecule has 1 saturated heterocycles. The van der Waals surface area contributed by atoms with E-state index in [-0.39, 0.29) is 11.6 Å². The van der Waals surface area contributed by atoms with Gasteiger partial charge < -0.3 is 15.4 Å². The summed E-state index contributed by atoms with van der Waals surface area (Å²) in [5.41, 5.74) is -0.349. The highest BCUT2D eigenvalue weighted by atomic mass is 19.3. The van der Waals surface area contributed by atoms with Gasteiger partial charge in [-0.3, -0.25) is 4.79 Å². The zero-order valence-corrected chi connectivity index (χ0v) is 11.6. The fraction of sp³-hybridized carbons (Fsp3) is 0.500. The Balaban J connectivity index is 2.05. The van der Waals surface area contributed by atoms with Gasteiger partial charge in [0.05, 0.1) is 5.41 Å². The van der Waals surface area contributed by atoms with Crippen molar-refractivity contribution in [2.45, 2.75) is 26.4 Å². The van der Waals surface area contributed by atoms with E-state index < -0.39 is 23.6 Å². The average Bonchev–Trinajstić information content (AvgIpc) is 2.42. The summed E-state index contributed by atoms with van der Waals surface area (Å²) in [7, 11) is 0. The topological polar surface area (TPSA) is 50.4 Å². The second-order valence-corrected chi connectivity index (χ2v) is 5.32. The summed E-state index contributed by atoms with van der Waals surface area (Å²) in [6.07, 6.45) is 1.63. The largest absolute Gasteiger partial charge is 0.432 e. The molecule has 0 bridgehead atoms. The molecule has 1 heterocycles. The maximum Gasteiger partial charge on any atom is 0.387 e. The Bertz CT molecular complexity index is 517. The molecule has 4 nitrogen and oxygen atoms in total. The third kappa shape index (κ3) is 3.87. The highest BCUT2D eigenvalue weighted by Crippen LogP contribution is 2.28. The molecule has 0 radical (unpaired) electrons. The number of nitrogens with one attached hydrogen (secondary N) is 2. The lowest BCUT2D eigenvalue weighted by molar-refractivity contribution is -0.125. The zero-order valence-electron chi connectivity index (χ0n) is 11.6. The van der Waals surface area contributed by atoms with Gasteiger partial charge in [0.25, 0.3) is 0 Å². The molecule has 0 spiro atoms. The molecule has 0 aromatic heterocycles. The van der Waals surface area contributed by atoms with Gasteiger partial charge in [-0.05, 0) is 38.4 Å². The number of amides is 1. The molecule has 21 heavy (non-hydrogen) atoms. The van der Waals surface area contributed by atoms with Crippen LogP contribution in [0.15, 0.2) is 18.2 Å². The number of piperidine rings is 1. The Hall–Kier alpha value is -1.76. The first-order chi connectivity index (χ1) is 9.90. The molecule has 2 N–H and O–H groups in total. The zero-order chi connectivity index (χ0) is 15.5. The Morgan fingerprint density at radius 3 is 2.81 bits per heavy atom. The minimum Gasteiger partial charge on any atom is -0.432 e. The monoisotopic (exact) mass is 302 g/mol. The van der Waals surface area contributed by atoms with Gasteiger partial charge >= 0.3 is 6.61 Å². The summed E-state index contributed by atoms with van der Waals surface area (Å²) in [6, 6.07) is 3.37. The van der Waals surface area contributed by atoms with Crippen LogP contribution in [-0.4, -0.2) is 25.6 Å². The first kappa shape index (κ1) is 15.6. The van der Waals surface area contributed by atoms with E-state index in [2.05, 4.69) is 15.4 Å². The van der Waals surface area contributed by atoms with Crippen molar-refractivity contribution in [3.05, 3.63) is 24.0 Å². The molecular weight excluding hydrogens is 285 g/mol. The van der Waals surface area contributed by atoms with Crippen molar-refractivity contribution in [1.82, 2.24) is 5.32 Å². The predicted molar refractivity (Wildman–Crippen MR) is 71.9 cm³/mol. The lowest BCUT2D eigenvalue weighted by Gasteiger charge is -2.32. The molecule has 1 aromatic carbocycles. The van der Waals surface area contributed by atoms with Crippen LogP contribution in [0.4, 0.5) is 18.9 Å². The van der Waals surface area contributed by atoms with Crippen LogP contribution in [0.2, 0.25) is 0 Å². The van der Waals surface area contributed by atoms with Crippen molar-refractivity contribution in [2.75, 3.05) is 18.4 Å². The normalized spacial score (nSPS) is 22.1. The molecule has 1 aliphatic heterocycles. The molecule has 2 rings (SSSR count). The maximum atomic E-state index is 13.6. The molecule has 0 aliphatic carbocycles. The quantitative estimate of drug-likeness (QED) is 0.899. The number of carbonyl (C=O) groups excluding carboxylic acids is 1. The van der Waals surface area contributed by atoms with Gasteiger partial charge in [0.1, 0.15) is 0 Å². The fourth-order valence-electron chi connectivity index (χ4n) is 2.30. The number of benzene rings is 1. The Morgan fingerprint density at radius 2 is 2.24 bits per heavy atom. The first-order valence-corrected chi connectivity index (χ1v) is 6.67. The lowest BCUT2D eigenvalue weighted by atomic mass is 9.82. The van der Waals surface area contributed by atoms with Gasteiger partial charge in [-0.2, -0.15) is 8.78 Å². The van der Waals surface area contributed by atoms with Crippen LogP contribution in [0.1, 0.15) is 19.8 Å². The van der Waals surface area contributed by atoms with Crippen LogP contribution in [0, 0.1) is 11.2 Å². The van der Waals surface area contributed by atoms with Gasteiger partial charge in [-0.1, -0.05) is 0 Å². The van der Waals surface area contributed by atoms with Gasteiger partial charge in [0.15, 0.2) is 11.6 Å². The molecule has 116 valence electrons. The van der Waals surface area contributed by atoms with Crippen LogP contribution in [0.25, 0.3) is 0 Å². The first-order valence-electron chi connectivity index (χ1n) is 6.67. The van der Waals surface area contributed by atoms with E-state index in [4.69, 9.17) is 0 Å². The third-order valence-electron chi connectivity index (χ3n) is 3.55. The number of rotatable bonds is 4. The van der Waals surface area contributed by atoms with Crippen LogP contribution < -0.4 is 15.4 Å². The third-order valence-corrected chi connectivity index (χ3v) is 3.55. The summed E-state index contributed by atoms with van der Waals surface area (Å²) in [6.45, 7) is 0.164. The Labute approximate surface area is 120 Å². The van der Waals surface area contributed by atoms with Crippen LogP contribution >= 0.6 is 0 Å². The fourth-order valence-corrected chi connectivity index (χ4v) is 2.30. The minimum atomic E-state index is -3.09. The average molecular weight is 302 g/mol. The van der Waals surface area contributed by atoms with E-state index in [0.29, 0.717) is 6.54 Å². The number of ether oxygens (including phenoxy) is 1. The van der Waals surface area contributed by atoms with E-state index in [1.165, 1.54) is 6.07 Å². The number of hydrogen-bond acceptors (Lipinski definition) is 3. The van der Waals surface area contributed by atoms with Gasteiger partial charge in [0, 0.05) is 18.3 Å². The van der Waals surface area contributed by atoms with Crippen molar-refractivity contribution in [3.8, 4) is 5.75 Å². The molecule has 1 amide bonds. The van der Waals surface area contributed by atoms with E-state index in [0.717, 1.165) is 31.5 Å². The van der Waals surface area contributed by atoms with Crippen molar-refractivity contribution < 1.29 is 22.7 Å². The van der Waals surface area contributed by atoms with Crippen molar-refractivity contribution in [2.24, 2.45) is 5.41 Å².